The lowest BCUT2D eigenvalue weighted by atomic mass is 10.2. The van der Waals surface area contributed by atoms with Gasteiger partial charge >= 0.3 is 0 Å². The van der Waals surface area contributed by atoms with Crippen molar-refractivity contribution in [2.45, 2.75) is 24.3 Å². The number of sulfone groups is 1. The molecule has 0 aliphatic carbocycles. The van der Waals surface area contributed by atoms with Crippen LogP contribution >= 0.6 is 24.0 Å². The van der Waals surface area contributed by atoms with Crippen molar-refractivity contribution in [2.75, 3.05) is 38.2 Å². The molecule has 1 saturated heterocycles. The molecule has 1 unspecified atom stereocenters. The molecule has 6 nitrogen and oxygen atoms in total. The van der Waals surface area contributed by atoms with Crippen molar-refractivity contribution in [3.8, 4) is 0 Å². The number of hydrogen-bond donors (Lipinski definition) is 1. The highest BCUT2D eigenvalue weighted by molar-refractivity contribution is 14.0. The zero-order valence-corrected chi connectivity index (χ0v) is 19.4. The third-order valence-electron chi connectivity index (χ3n) is 4.34. The molecule has 1 aliphatic rings. The Hall–Kier alpha value is -0.680. The van der Waals surface area contributed by atoms with Crippen LogP contribution in [0.4, 0.5) is 0 Å². The SMILES string of the molecule is CN=C(NCCS(=O)Cc1ccccc1)N1CCS(=O)(=O)C(C)(C)C1.I. The Bertz CT molecular complexity index is 737. The van der Waals surface area contributed by atoms with Crippen molar-refractivity contribution in [2.24, 2.45) is 4.99 Å². The standard InChI is InChI=1S/C17H27N3O3S2.HI/c1-17(2)14-20(10-12-25(17,22)23)16(18-3)19-9-11-24(21)13-15-7-5-4-6-8-15;/h4-8H,9-14H2,1-3H3,(H,18,19);1H. The van der Waals surface area contributed by atoms with Crippen molar-refractivity contribution in [3.05, 3.63) is 35.9 Å². The molecular formula is C17H28IN3O3S2. The number of guanidine groups is 1. The summed E-state index contributed by atoms with van der Waals surface area (Å²) in [5.41, 5.74) is 1.06. The predicted molar refractivity (Wildman–Crippen MR) is 119 cm³/mol. The summed E-state index contributed by atoms with van der Waals surface area (Å²) in [7, 11) is -2.35. The van der Waals surface area contributed by atoms with Crippen LogP contribution in [0.15, 0.2) is 35.3 Å². The molecule has 148 valence electrons. The van der Waals surface area contributed by atoms with Gasteiger partial charge in [-0.2, -0.15) is 0 Å². The maximum Gasteiger partial charge on any atom is 0.193 e. The highest BCUT2D eigenvalue weighted by Crippen LogP contribution is 2.23. The van der Waals surface area contributed by atoms with Gasteiger partial charge in [-0.3, -0.25) is 9.20 Å². The van der Waals surface area contributed by atoms with E-state index in [4.69, 9.17) is 0 Å². The van der Waals surface area contributed by atoms with E-state index >= 15 is 0 Å². The topological polar surface area (TPSA) is 78.8 Å². The van der Waals surface area contributed by atoms with Crippen LogP contribution in [-0.2, 0) is 26.4 Å². The maximum atomic E-state index is 12.2. The molecule has 1 atom stereocenters. The zero-order valence-electron chi connectivity index (χ0n) is 15.5. The smallest absolute Gasteiger partial charge is 0.193 e. The fourth-order valence-electron chi connectivity index (χ4n) is 2.77. The van der Waals surface area contributed by atoms with E-state index in [1.54, 1.807) is 20.9 Å². The van der Waals surface area contributed by atoms with Crippen LogP contribution < -0.4 is 5.32 Å². The number of hydrogen-bond acceptors (Lipinski definition) is 4. The number of rotatable bonds is 5. The summed E-state index contributed by atoms with van der Waals surface area (Å²) in [4.78, 5) is 6.20. The summed E-state index contributed by atoms with van der Waals surface area (Å²) in [5, 5.41) is 3.21. The van der Waals surface area contributed by atoms with E-state index in [9.17, 15) is 12.6 Å². The normalized spacial score (nSPS) is 20.1. The molecule has 0 bridgehead atoms. The molecule has 0 spiro atoms. The lowest BCUT2D eigenvalue weighted by Gasteiger charge is -2.39. The maximum absolute atomic E-state index is 12.2. The van der Waals surface area contributed by atoms with Gasteiger partial charge < -0.3 is 10.2 Å². The van der Waals surface area contributed by atoms with Gasteiger partial charge in [0.1, 0.15) is 0 Å². The van der Waals surface area contributed by atoms with Gasteiger partial charge in [0.15, 0.2) is 15.8 Å². The summed E-state index contributed by atoms with van der Waals surface area (Å²) in [5.74, 6) is 1.85. The molecule has 0 saturated carbocycles. The minimum atomic E-state index is -3.08. The Morgan fingerprint density at radius 1 is 1.31 bits per heavy atom. The molecule has 9 heteroatoms. The van der Waals surface area contributed by atoms with Crippen molar-refractivity contribution >= 4 is 50.6 Å². The second-order valence-electron chi connectivity index (χ2n) is 6.75. The van der Waals surface area contributed by atoms with Crippen molar-refractivity contribution < 1.29 is 12.6 Å². The van der Waals surface area contributed by atoms with E-state index in [2.05, 4.69) is 10.3 Å². The molecule has 1 aromatic rings. The Labute approximate surface area is 176 Å². The fourth-order valence-corrected chi connectivity index (χ4v) is 5.17. The number of benzene rings is 1. The van der Waals surface area contributed by atoms with Gasteiger partial charge in [-0.15, -0.1) is 24.0 Å². The van der Waals surface area contributed by atoms with E-state index < -0.39 is 25.4 Å². The van der Waals surface area contributed by atoms with Crippen molar-refractivity contribution in [1.82, 2.24) is 10.2 Å². The minimum Gasteiger partial charge on any atom is -0.355 e. The highest BCUT2D eigenvalue weighted by atomic mass is 127. The first-order valence-corrected chi connectivity index (χ1v) is 11.5. The summed E-state index contributed by atoms with van der Waals surface area (Å²) < 4.78 is 35.6. The summed E-state index contributed by atoms with van der Waals surface area (Å²) in [6.45, 7) is 4.86. The third-order valence-corrected chi connectivity index (χ3v) is 8.19. The molecule has 1 N–H and O–H groups in total. The quantitative estimate of drug-likeness (QED) is 0.368. The average molecular weight is 513 g/mol. The summed E-state index contributed by atoms with van der Waals surface area (Å²) in [6.07, 6.45) is 0. The first-order chi connectivity index (χ1) is 11.7. The Balaban J connectivity index is 0.00000338. The minimum absolute atomic E-state index is 0. The van der Waals surface area contributed by atoms with Crippen LogP contribution in [0.25, 0.3) is 0 Å². The van der Waals surface area contributed by atoms with Gasteiger partial charge in [0.25, 0.3) is 0 Å². The van der Waals surface area contributed by atoms with Crippen molar-refractivity contribution in [3.63, 3.8) is 0 Å². The number of nitrogens with one attached hydrogen (secondary N) is 1. The summed E-state index contributed by atoms with van der Waals surface area (Å²) in [6, 6.07) is 9.77. The van der Waals surface area contributed by atoms with E-state index in [0.717, 1.165) is 5.56 Å². The lowest BCUT2D eigenvalue weighted by molar-refractivity contribution is 0.354. The van der Waals surface area contributed by atoms with E-state index in [0.29, 0.717) is 37.1 Å². The first kappa shape index (κ1) is 23.4. The monoisotopic (exact) mass is 513 g/mol. The number of halogens is 1. The molecule has 1 heterocycles. The molecule has 26 heavy (non-hydrogen) atoms. The lowest BCUT2D eigenvalue weighted by Crippen LogP contribution is -2.57. The molecule has 1 aliphatic heterocycles. The zero-order chi connectivity index (χ0) is 18.5. The second-order valence-corrected chi connectivity index (χ2v) is 11.1. The van der Waals surface area contributed by atoms with E-state index in [1.165, 1.54) is 0 Å². The highest BCUT2D eigenvalue weighted by Gasteiger charge is 2.40. The molecular weight excluding hydrogens is 485 g/mol. The first-order valence-electron chi connectivity index (χ1n) is 8.32. The van der Waals surface area contributed by atoms with Crippen molar-refractivity contribution in [1.29, 1.82) is 0 Å². The Kier molecular flexibility index (Phi) is 9.01. The Morgan fingerprint density at radius 3 is 2.54 bits per heavy atom. The third kappa shape index (κ3) is 6.19. The molecule has 2 rings (SSSR count). The number of nitrogens with zero attached hydrogens (tertiary/aromatic N) is 2. The van der Waals surface area contributed by atoms with Gasteiger partial charge in [0.05, 0.1) is 10.5 Å². The van der Waals surface area contributed by atoms with Gasteiger partial charge in [-0.1, -0.05) is 30.3 Å². The largest absolute Gasteiger partial charge is 0.355 e. The van der Waals surface area contributed by atoms with Crippen LogP contribution in [-0.4, -0.2) is 66.4 Å². The predicted octanol–water partition coefficient (Wildman–Crippen LogP) is 1.64. The van der Waals surface area contributed by atoms with Gasteiger partial charge in [0.2, 0.25) is 0 Å². The van der Waals surface area contributed by atoms with E-state index in [-0.39, 0.29) is 29.7 Å². The van der Waals surface area contributed by atoms with Crippen LogP contribution in [0.3, 0.4) is 0 Å². The van der Waals surface area contributed by atoms with Gasteiger partial charge in [0, 0.05) is 49.0 Å². The second kappa shape index (κ2) is 10.0. The molecule has 1 fully saturated rings. The van der Waals surface area contributed by atoms with E-state index in [1.807, 2.05) is 35.2 Å². The van der Waals surface area contributed by atoms with Crippen LogP contribution in [0, 0.1) is 0 Å². The van der Waals surface area contributed by atoms with Crippen LogP contribution in [0.1, 0.15) is 19.4 Å². The molecule has 0 radical (unpaired) electrons. The number of aliphatic imine (C=N–C) groups is 1. The average Bonchev–Trinajstić information content (AvgIpc) is 2.55. The van der Waals surface area contributed by atoms with Crippen LogP contribution in [0.5, 0.6) is 0 Å². The van der Waals surface area contributed by atoms with Gasteiger partial charge in [-0.25, -0.2) is 8.42 Å². The summed E-state index contributed by atoms with van der Waals surface area (Å²) >= 11 is 0. The molecule has 0 amide bonds. The molecule has 0 aromatic heterocycles. The fraction of sp³-hybridized carbons (Fsp3) is 0.588. The van der Waals surface area contributed by atoms with Gasteiger partial charge in [-0.05, 0) is 19.4 Å². The molecule has 1 aromatic carbocycles. The Morgan fingerprint density at radius 2 is 1.96 bits per heavy atom. The van der Waals surface area contributed by atoms with Crippen LogP contribution in [0.2, 0.25) is 0 Å².